The number of halogens is 2. The maximum absolute atomic E-state index is 11.9. The van der Waals surface area contributed by atoms with Gasteiger partial charge in [0.2, 0.25) is 0 Å². The van der Waals surface area contributed by atoms with Gasteiger partial charge in [0.05, 0.1) is 9.72 Å². The van der Waals surface area contributed by atoms with Crippen LogP contribution >= 0.6 is 34.5 Å². The van der Waals surface area contributed by atoms with Crippen LogP contribution < -0.4 is 0 Å². The Bertz CT molecular complexity index is 722. The van der Waals surface area contributed by atoms with Crippen molar-refractivity contribution in [2.75, 3.05) is 0 Å². The van der Waals surface area contributed by atoms with E-state index in [1.54, 1.807) is 20.8 Å². The van der Waals surface area contributed by atoms with E-state index in [4.69, 9.17) is 34.5 Å². The molecule has 0 saturated carbocycles. The Balaban J connectivity index is 2.40. The number of hydrogen-bond donors (Lipinski definition) is 0. The van der Waals surface area contributed by atoms with E-state index in [2.05, 4.69) is 9.94 Å². The van der Waals surface area contributed by atoms with E-state index < -0.39 is 11.6 Å². The molecular formula is C12H11Cl2N3O2S. The molecule has 0 saturated heterocycles. The van der Waals surface area contributed by atoms with Crippen LogP contribution in [0, 0.1) is 6.57 Å². The molecule has 0 fully saturated rings. The first-order valence-electron chi connectivity index (χ1n) is 5.66. The third-order valence-electron chi connectivity index (χ3n) is 2.27. The zero-order valence-corrected chi connectivity index (χ0v) is 13.4. The molecule has 0 amide bonds. The monoisotopic (exact) mass is 331 g/mol. The number of carbonyl (C=O) groups excluding carboxylic acids is 1. The first kappa shape index (κ1) is 15.1. The number of esters is 1. The van der Waals surface area contributed by atoms with Crippen LogP contribution in [0.1, 0.15) is 20.8 Å². The molecule has 2 rings (SSSR count). The summed E-state index contributed by atoms with van der Waals surface area (Å²) in [4.78, 5) is 15.2. The molecule has 8 heteroatoms. The summed E-state index contributed by atoms with van der Waals surface area (Å²) >= 11 is 13.2. The largest absolute Gasteiger partial charge is 0.459 e. The lowest BCUT2D eigenvalue weighted by Gasteiger charge is -2.19. The fourth-order valence-corrected chi connectivity index (χ4v) is 3.18. The van der Waals surface area contributed by atoms with Gasteiger partial charge in [-0.1, -0.05) is 29.8 Å². The second-order valence-corrected chi connectivity index (χ2v) is 7.05. The highest BCUT2D eigenvalue weighted by molar-refractivity contribution is 7.24. The smallest absolute Gasteiger partial charge is 0.330 e. The van der Waals surface area contributed by atoms with Crippen LogP contribution in [0.25, 0.3) is 15.1 Å². The van der Waals surface area contributed by atoms with Gasteiger partial charge in [-0.3, -0.25) is 0 Å². The molecule has 0 bridgehead atoms. The van der Waals surface area contributed by atoms with Crippen molar-refractivity contribution in [1.82, 2.24) is 9.78 Å². The van der Waals surface area contributed by atoms with Gasteiger partial charge in [0, 0.05) is 0 Å². The summed E-state index contributed by atoms with van der Waals surface area (Å²) in [6, 6.07) is 0. The number of aromatic nitrogens is 2. The highest BCUT2D eigenvalue weighted by Gasteiger charge is 2.24. The van der Waals surface area contributed by atoms with Crippen molar-refractivity contribution >= 4 is 56.5 Å². The number of thiophene rings is 1. The minimum Gasteiger partial charge on any atom is -0.459 e. The van der Waals surface area contributed by atoms with Crippen molar-refractivity contribution in [3.63, 3.8) is 0 Å². The van der Waals surface area contributed by atoms with Crippen molar-refractivity contribution < 1.29 is 9.53 Å². The minimum atomic E-state index is -0.581. The molecule has 0 N–H and O–H groups in total. The third-order valence-corrected chi connectivity index (χ3v) is 4.23. The van der Waals surface area contributed by atoms with Crippen molar-refractivity contribution in [3.05, 3.63) is 20.8 Å². The van der Waals surface area contributed by atoms with Crippen LogP contribution in [-0.2, 0) is 16.1 Å². The first-order chi connectivity index (χ1) is 9.23. The summed E-state index contributed by atoms with van der Waals surface area (Å²) in [7, 11) is 0. The van der Waals surface area contributed by atoms with Gasteiger partial charge in [0.1, 0.15) is 15.5 Å². The molecule has 0 atom stereocenters. The SMILES string of the molecule is [C-]#[N+]c1nn(CC(=O)OC(C)(C)C)c2c(Cl)c(Cl)sc12. The zero-order chi connectivity index (χ0) is 15.1. The van der Waals surface area contributed by atoms with Gasteiger partial charge in [-0.25, -0.2) is 4.79 Å². The maximum Gasteiger partial charge on any atom is 0.330 e. The van der Waals surface area contributed by atoms with Crippen molar-refractivity contribution in [2.45, 2.75) is 32.9 Å². The Hall–Kier alpha value is -1.29. The highest BCUT2D eigenvalue weighted by Crippen LogP contribution is 2.43. The number of ether oxygens (including phenoxy) is 1. The lowest BCUT2D eigenvalue weighted by atomic mass is 10.2. The fourth-order valence-electron chi connectivity index (χ4n) is 1.65. The topological polar surface area (TPSA) is 48.5 Å². The number of fused-ring (bicyclic) bond motifs is 1. The number of nitrogens with zero attached hydrogens (tertiary/aromatic N) is 3. The molecule has 2 heterocycles. The zero-order valence-electron chi connectivity index (χ0n) is 11.0. The average molecular weight is 332 g/mol. The van der Waals surface area contributed by atoms with E-state index >= 15 is 0 Å². The van der Waals surface area contributed by atoms with Crippen LogP contribution in [0.2, 0.25) is 9.36 Å². The highest BCUT2D eigenvalue weighted by atomic mass is 35.5. The normalized spacial score (nSPS) is 11.6. The predicted molar refractivity (Wildman–Crippen MR) is 79.7 cm³/mol. The standard InChI is InChI=1S/C12H11Cl2N3O2S/c1-12(2,3)19-6(18)5-17-8-7(13)10(14)20-9(8)11(15-4)16-17/h5H2,1-3H3. The van der Waals surface area contributed by atoms with Gasteiger partial charge in [0.15, 0.2) is 6.54 Å². The van der Waals surface area contributed by atoms with E-state index in [1.807, 2.05) is 0 Å². The maximum atomic E-state index is 11.9. The van der Waals surface area contributed by atoms with Gasteiger partial charge in [0.25, 0.3) is 0 Å². The Kier molecular flexibility index (Phi) is 3.96. The third kappa shape index (κ3) is 2.90. The van der Waals surface area contributed by atoms with Crippen molar-refractivity contribution in [2.24, 2.45) is 0 Å². The Morgan fingerprint density at radius 2 is 2.15 bits per heavy atom. The molecule has 2 aromatic heterocycles. The quantitative estimate of drug-likeness (QED) is 0.609. The molecule has 2 aromatic rings. The van der Waals surface area contributed by atoms with Crippen LogP contribution in [0.3, 0.4) is 0 Å². The molecule has 5 nitrogen and oxygen atoms in total. The van der Waals surface area contributed by atoms with Crippen LogP contribution in [-0.4, -0.2) is 21.4 Å². The van der Waals surface area contributed by atoms with Crippen LogP contribution in [0.15, 0.2) is 0 Å². The molecule has 106 valence electrons. The Labute approximate surface area is 129 Å². The summed E-state index contributed by atoms with van der Waals surface area (Å²) < 4.78 is 7.55. The van der Waals surface area contributed by atoms with E-state index in [1.165, 1.54) is 16.0 Å². The fraction of sp³-hybridized carbons (Fsp3) is 0.417. The summed E-state index contributed by atoms with van der Waals surface area (Å²) in [5.41, 5.74) is -0.0826. The lowest BCUT2D eigenvalue weighted by Crippen LogP contribution is -2.26. The minimum absolute atomic E-state index is 0.115. The molecule has 0 radical (unpaired) electrons. The second-order valence-electron chi connectivity index (χ2n) is 5.05. The van der Waals surface area contributed by atoms with E-state index in [-0.39, 0.29) is 12.4 Å². The molecule has 0 unspecified atom stereocenters. The molecule has 0 aromatic carbocycles. The van der Waals surface area contributed by atoms with Gasteiger partial charge in [-0.05, 0) is 25.9 Å². The molecule has 0 spiro atoms. The summed E-state index contributed by atoms with van der Waals surface area (Å²) in [6.07, 6.45) is 0. The molecule has 0 aliphatic carbocycles. The Morgan fingerprint density at radius 1 is 1.50 bits per heavy atom. The number of hydrogen-bond acceptors (Lipinski definition) is 4. The van der Waals surface area contributed by atoms with Gasteiger partial charge < -0.3 is 9.58 Å². The second kappa shape index (κ2) is 5.24. The van der Waals surface area contributed by atoms with E-state index in [0.717, 1.165) is 0 Å². The van der Waals surface area contributed by atoms with E-state index in [0.29, 0.717) is 19.6 Å². The van der Waals surface area contributed by atoms with Crippen LogP contribution in [0.4, 0.5) is 5.82 Å². The lowest BCUT2D eigenvalue weighted by molar-refractivity contribution is -0.155. The summed E-state index contributed by atoms with van der Waals surface area (Å²) in [6.45, 7) is 12.3. The van der Waals surface area contributed by atoms with Crippen molar-refractivity contribution in [1.29, 1.82) is 0 Å². The van der Waals surface area contributed by atoms with E-state index in [9.17, 15) is 4.79 Å². The number of carbonyl (C=O) groups is 1. The Morgan fingerprint density at radius 3 is 2.70 bits per heavy atom. The van der Waals surface area contributed by atoms with Gasteiger partial charge in [-0.15, -0.1) is 11.3 Å². The summed E-state index contributed by atoms with van der Waals surface area (Å²) in [5.74, 6) is -0.265. The molecular weight excluding hydrogens is 321 g/mol. The van der Waals surface area contributed by atoms with Crippen LogP contribution in [0.5, 0.6) is 0 Å². The van der Waals surface area contributed by atoms with Gasteiger partial charge >= 0.3 is 11.8 Å². The van der Waals surface area contributed by atoms with Gasteiger partial charge in [-0.2, -0.15) is 4.68 Å². The predicted octanol–water partition coefficient (Wildman–Crippen LogP) is 4.30. The molecule has 0 aliphatic rings. The molecule has 0 aliphatic heterocycles. The first-order valence-corrected chi connectivity index (χ1v) is 7.24. The number of rotatable bonds is 2. The summed E-state index contributed by atoms with van der Waals surface area (Å²) in [5, 5.41) is 4.37. The average Bonchev–Trinajstić information content (AvgIpc) is 2.76. The van der Waals surface area contributed by atoms with Crippen molar-refractivity contribution in [3.8, 4) is 0 Å². The molecule has 20 heavy (non-hydrogen) atoms.